The quantitative estimate of drug-likeness (QED) is 0.403. The molecular formula is C24H23N3O2S. The van der Waals surface area contributed by atoms with Crippen molar-refractivity contribution in [2.75, 3.05) is 10.6 Å². The smallest absolute Gasteiger partial charge is 0.246 e. The number of rotatable bonds is 7. The highest BCUT2D eigenvalue weighted by molar-refractivity contribution is 7.18. The van der Waals surface area contributed by atoms with Crippen molar-refractivity contribution in [1.82, 2.24) is 4.98 Å². The molecule has 1 unspecified atom stereocenters. The third kappa shape index (κ3) is 4.84. The first-order chi connectivity index (χ1) is 14.6. The van der Waals surface area contributed by atoms with Crippen molar-refractivity contribution in [2.24, 2.45) is 0 Å². The molecule has 0 aliphatic carbocycles. The van der Waals surface area contributed by atoms with Crippen LogP contribution in [0.3, 0.4) is 0 Å². The molecule has 3 aromatic carbocycles. The number of carbonyl (C=O) groups is 1. The maximum atomic E-state index is 12.5. The number of nitrogens with zero attached hydrogens (tertiary/aromatic N) is 1. The molecule has 4 rings (SSSR count). The summed E-state index contributed by atoms with van der Waals surface area (Å²) in [5, 5.41) is 16.4. The van der Waals surface area contributed by atoms with Crippen LogP contribution in [0.1, 0.15) is 23.1 Å². The summed E-state index contributed by atoms with van der Waals surface area (Å²) in [6, 6.07) is 23.0. The van der Waals surface area contributed by atoms with Crippen molar-refractivity contribution in [3.05, 3.63) is 88.9 Å². The van der Waals surface area contributed by atoms with Crippen LogP contribution in [-0.4, -0.2) is 22.0 Å². The summed E-state index contributed by atoms with van der Waals surface area (Å²) in [5.41, 5.74) is 4.55. The largest absolute Gasteiger partial charge is 0.392 e. The van der Waals surface area contributed by atoms with Crippen LogP contribution in [-0.2, 0) is 17.8 Å². The molecule has 5 nitrogen and oxygen atoms in total. The van der Waals surface area contributed by atoms with Gasteiger partial charge in [-0.1, -0.05) is 36.4 Å². The molecule has 0 radical (unpaired) electrons. The number of benzene rings is 3. The van der Waals surface area contributed by atoms with Gasteiger partial charge in [0.05, 0.1) is 21.8 Å². The molecule has 0 saturated carbocycles. The fourth-order valence-corrected chi connectivity index (χ4v) is 4.20. The first-order valence-electron chi connectivity index (χ1n) is 9.81. The third-order valence-electron chi connectivity index (χ3n) is 4.80. The summed E-state index contributed by atoms with van der Waals surface area (Å²) in [4.78, 5) is 17.2. The van der Waals surface area contributed by atoms with Crippen LogP contribution in [0.4, 0.5) is 11.4 Å². The van der Waals surface area contributed by atoms with Crippen molar-refractivity contribution in [3.8, 4) is 0 Å². The second-order valence-electron chi connectivity index (χ2n) is 7.16. The normalized spacial score (nSPS) is 11.9. The number of aliphatic hydroxyl groups is 1. The summed E-state index contributed by atoms with van der Waals surface area (Å²) in [6.07, 6.45) is 0.771. The Hall–Kier alpha value is -3.22. The van der Waals surface area contributed by atoms with Gasteiger partial charge in [-0.15, -0.1) is 11.3 Å². The Bertz CT molecular complexity index is 1120. The Balaban J connectivity index is 1.35. The zero-order valence-corrected chi connectivity index (χ0v) is 17.4. The van der Waals surface area contributed by atoms with E-state index in [0.717, 1.165) is 39.4 Å². The van der Waals surface area contributed by atoms with E-state index in [9.17, 15) is 9.90 Å². The van der Waals surface area contributed by atoms with Crippen LogP contribution in [0.15, 0.2) is 72.8 Å². The van der Waals surface area contributed by atoms with Crippen molar-refractivity contribution in [1.29, 1.82) is 0 Å². The van der Waals surface area contributed by atoms with Gasteiger partial charge in [-0.05, 0) is 54.4 Å². The molecule has 0 aliphatic heterocycles. The predicted octanol–water partition coefficient (Wildman–Crippen LogP) is 4.82. The molecular weight excluding hydrogens is 394 g/mol. The molecule has 0 fully saturated rings. The van der Waals surface area contributed by atoms with Gasteiger partial charge in [-0.25, -0.2) is 4.98 Å². The molecule has 6 heteroatoms. The van der Waals surface area contributed by atoms with E-state index in [1.807, 2.05) is 73.7 Å². The number of anilines is 2. The average molecular weight is 418 g/mol. The maximum Gasteiger partial charge on any atom is 0.246 e. The number of carbonyl (C=O) groups excluding carboxylic acids is 1. The summed E-state index contributed by atoms with van der Waals surface area (Å²) in [7, 11) is 0. The molecule has 30 heavy (non-hydrogen) atoms. The van der Waals surface area contributed by atoms with E-state index >= 15 is 0 Å². The van der Waals surface area contributed by atoms with Crippen molar-refractivity contribution in [3.63, 3.8) is 0 Å². The van der Waals surface area contributed by atoms with E-state index in [-0.39, 0.29) is 12.5 Å². The minimum atomic E-state index is -0.415. The van der Waals surface area contributed by atoms with Gasteiger partial charge in [0.15, 0.2) is 0 Å². The topological polar surface area (TPSA) is 74.2 Å². The Labute approximate surface area is 179 Å². The van der Waals surface area contributed by atoms with Gasteiger partial charge in [-0.3, -0.25) is 4.79 Å². The van der Waals surface area contributed by atoms with Crippen LogP contribution in [0, 0.1) is 0 Å². The monoisotopic (exact) mass is 417 g/mol. The fraction of sp³-hybridized carbons (Fsp3) is 0.167. The lowest BCUT2D eigenvalue weighted by Crippen LogP contribution is -2.31. The van der Waals surface area contributed by atoms with Gasteiger partial charge in [0, 0.05) is 17.8 Å². The number of para-hydroxylation sites is 1. The molecule has 1 atom stereocenters. The molecule has 0 saturated heterocycles. The van der Waals surface area contributed by atoms with E-state index in [1.165, 1.54) is 4.70 Å². The Morgan fingerprint density at radius 1 is 1.00 bits per heavy atom. The van der Waals surface area contributed by atoms with Crippen LogP contribution in [0.2, 0.25) is 0 Å². The van der Waals surface area contributed by atoms with E-state index in [0.29, 0.717) is 0 Å². The number of amides is 1. The number of thiazole rings is 1. The second-order valence-corrected chi connectivity index (χ2v) is 8.28. The highest BCUT2D eigenvalue weighted by Gasteiger charge is 2.13. The summed E-state index contributed by atoms with van der Waals surface area (Å²) in [6.45, 7) is 1.78. The van der Waals surface area contributed by atoms with Gasteiger partial charge in [0.2, 0.25) is 5.91 Å². The van der Waals surface area contributed by atoms with Gasteiger partial charge < -0.3 is 15.7 Å². The Morgan fingerprint density at radius 3 is 2.57 bits per heavy atom. The first kappa shape index (κ1) is 20.1. The third-order valence-corrected chi connectivity index (χ3v) is 5.84. The first-order valence-corrected chi connectivity index (χ1v) is 10.6. The standard InChI is InChI=1S/C24H23N3O2S/c1-16(25-20-6-4-5-18(13-20)15-28)24(29)26-19-11-9-17(10-12-19)14-23-27-21-7-2-3-8-22(21)30-23/h2-13,16,25,28H,14-15H2,1H3,(H,26,29). The van der Waals surface area contributed by atoms with Crippen LogP contribution >= 0.6 is 11.3 Å². The average Bonchev–Trinajstić information content (AvgIpc) is 3.17. The molecule has 3 N–H and O–H groups in total. The zero-order chi connectivity index (χ0) is 20.9. The summed E-state index contributed by atoms with van der Waals surface area (Å²) >= 11 is 1.71. The zero-order valence-electron chi connectivity index (χ0n) is 16.6. The molecule has 152 valence electrons. The maximum absolute atomic E-state index is 12.5. The minimum Gasteiger partial charge on any atom is -0.392 e. The highest BCUT2D eigenvalue weighted by Crippen LogP contribution is 2.24. The van der Waals surface area contributed by atoms with Gasteiger partial charge in [0.25, 0.3) is 0 Å². The van der Waals surface area contributed by atoms with Gasteiger partial charge in [-0.2, -0.15) is 0 Å². The Morgan fingerprint density at radius 2 is 1.80 bits per heavy atom. The number of aromatic nitrogens is 1. The van der Waals surface area contributed by atoms with E-state index < -0.39 is 6.04 Å². The molecule has 0 spiro atoms. The predicted molar refractivity (Wildman–Crippen MR) is 123 cm³/mol. The van der Waals surface area contributed by atoms with Crippen LogP contribution in [0.5, 0.6) is 0 Å². The SMILES string of the molecule is CC(Nc1cccc(CO)c1)C(=O)Nc1ccc(Cc2nc3ccccc3s2)cc1. The highest BCUT2D eigenvalue weighted by atomic mass is 32.1. The van der Waals surface area contributed by atoms with Crippen LogP contribution in [0.25, 0.3) is 10.2 Å². The number of hydrogen-bond donors (Lipinski definition) is 3. The second kappa shape index (κ2) is 9.07. The fourth-order valence-electron chi connectivity index (χ4n) is 3.20. The molecule has 1 aromatic heterocycles. The summed E-state index contributed by atoms with van der Waals surface area (Å²) < 4.78 is 1.20. The van der Waals surface area contributed by atoms with Crippen molar-refractivity contribution < 1.29 is 9.90 Å². The number of hydrogen-bond acceptors (Lipinski definition) is 5. The summed E-state index contributed by atoms with van der Waals surface area (Å²) in [5.74, 6) is -0.122. The number of fused-ring (bicyclic) bond motifs is 1. The van der Waals surface area contributed by atoms with E-state index in [4.69, 9.17) is 0 Å². The van der Waals surface area contributed by atoms with Gasteiger partial charge in [0.1, 0.15) is 6.04 Å². The lowest BCUT2D eigenvalue weighted by molar-refractivity contribution is -0.116. The van der Waals surface area contributed by atoms with Crippen molar-refractivity contribution in [2.45, 2.75) is 26.0 Å². The van der Waals surface area contributed by atoms with Gasteiger partial charge >= 0.3 is 0 Å². The van der Waals surface area contributed by atoms with Crippen LogP contribution < -0.4 is 10.6 Å². The van der Waals surface area contributed by atoms with E-state index in [1.54, 1.807) is 11.3 Å². The van der Waals surface area contributed by atoms with E-state index in [2.05, 4.69) is 21.7 Å². The number of nitrogens with one attached hydrogen (secondary N) is 2. The molecule has 4 aromatic rings. The lowest BCUT2D eigenvalue weighted by atomic mass is 10.1. The molecule has 0 aliphatic rings. The lowest BCUT2D eigenvalue weighted by Gasteiger charge is -2.16. The Kier molecular flexibility index (Phi) is 6.07. The molecule has 1 heterocycles. The number of aliphatic hydroxyl groups excluding tert-OH is 1. The minimum absolute atomic E-state index is 0.0283. The molecule has 0 bridgehead atoms. The van der Waals surface area contributed by atoms with Crippen molar-refractivity contribution >= 4 is 38.8 Å². The molecule has 1 amide bonds.